The van der Waals surface area contributed by atoms with Crippen molar-refractivity contribution in [3.8, 4) is 0 Å². The van der Waals surface area contributed by atoms with Crippen molar-refractivity contribution in [2.45, 2.75) is 44.4 Å². The molecular weight excluding hydrogens is 528 g/mol. The first-order valence-corrected chi connectivity index (χ1v) is 14.8. The van der Waals surface area contributed by atoms with E-state index in [1.54, 1.807) is 4.90 Å². The summed E-state index contributed by atoms with van der Waals surface area (Å²) in [4.78, 5) is 50.7. The molecule has 0 bridgehead atoms. The van der Waals surface area contributed by atoms with Crippen LogP contribution in [0, 0.1) is 5.92 Å². The number of carbonyl (C=O) groups excluding carboxylic acids is 3. The summed E-state index contributed by atoms with van der Waals surface area (Å²) >= 11 is 0. The number of hydrogen-bond donors (Lipinski definition) is 2. The number of benzodiazepines with no additional fused rings is 1. The molecule has 42 heavy (non-hydrogen) atoms. The Hall–Kier alpha value is -4.66. The number of nitrogens with one attached hydrogen (secondary N) is 2. The molecule has 3 aromatic carbocycles. The molecule has 7 rings (SSSR count). The second-order valence-corrected chi connectivity index (χ2v) is 11.5. The van der Waals surface area contributed by atoms with Gasteiger partial charge in [0.15, 0.2) is 0 Å². The van der Waals surface area contributed by atoms with Gasteiger partial charge in [0, 0.05) is 49.0 Å². The zero-order valence-electron chi connectivity index (χ0n) is 23.4. The van der Waals surface area contributed by atoms with Gasteiger partial charge in [0.05, 0.1) is 11.4 Å². The fraction of sp³-hybridized carbons (Fsp3) is 0.333. The predicted molar refractivity (Wildman–Crippen MR) is 162 cm³/mol. The van der Waals surface area contributed by atoms with Crippen LogP contribution in [0.25, 0.3) is 0 Å². The van der Waals surface area contributed by atoms with E-state index in [4.69, 9.17) is 4.99 Å². The molecule has 0 spiro atoms. The highest BCUT2D eigenvalue weighted by Gasteiger charge is 2.38. The number of urea groups is 2. The van der Waals surface area contributed by atoms with Gasteiger partial charge in [-0.25, -0.2) is 14.6 Å². The average Bonchev–Trinajstić information content (AvgIpc) is 3.87. The van der Waals surface area contributed by atoms with Gasteiger partial charge in [0.1, 0.15) is 0 Å². The molecule has 214 valence electrons. The number of rotatable bonds is 5. The maximum absolute atomic E-state index is 14.0. The molecular formula is C33H34N6O3. The summed E-state index contributed by atoms with van der Waals surface area (Å²) < 4.78 is 0. The first-order valence-electron chi connectivity index (χ1n) is 14.8. The Morgan fingerprint density at radius 1 is 0.881 bits per heavy atom. The highest BCUT2D eigenvalue weighted by Crippen LogP contribution is 2.35. The normalized spacial score (nSPS) is 20.7. The molecule has 9 nitrogen and oxygen atoms in total. The molecule has 4 aliphatic rings. The number of para-hydroxylation sites is 2. The molecule has 0 aromatic heterocycles. The van der Waals surface area contributed by atoms with E-state index in [1.807, 2.05) is 88.7 Å². The van der Waals surface area contributed by atoms with Gasteiger partial charge < -0.3 is 25.3 Å². The number of carbonyl (C=O) groups is 3. The van der Waals surface area contributed by atoms with E-state index >= 15 is 0 Å². The Morgan fingerprint density at radius 2 is 1.60 bits per heavy atom. The van der Waals surface area contributed by atoms with E-state index in [0.717, 1.165) is 40.9 Å². The summed E-state index contributed by atoms with van der Waals surface area (Å²) in [5, 5.41) is 5.96. The van der Waals surface area contributed by atoms with E-state index in [9.17, 15) is 14.4 Å². The zero-order chi connectivity index (χ0) is 28.6. The van der Waals surface area contributed by atoms with E-state index < -0.39 is 6.17 Å². The molecule has 0 radical (unpaired) electrons. The standard InChI is InChI=1S/C33H34N6O3/c40-31-30(35-29(23-8-2-1-3-9-23)26-11-5-7-13-28(26)39(31)20-22-14-15-22)36-32(41)37-18-16-25(17-19-37)38-21-24-10-4-6-12-27(24)34-33(38)42/h1-13,22,25,30H,14-21H2,(H,34,42)(H,36,41). The van der Waals surface area contributed by atoms with Crippen LogP contribution in [0.4, 0.5) is 21.0 Å². The Morgan fingerprint density at radius 3 is 2.38 bits per heavy atom. The largest absolute Gasteiger partial charge is 0.325 e. The van der Waals surface area contributed by atoms with Crippen LogP contribution >= 0.6 is 0 Å². The van der Waals surface area contributed by atoms with E-state index in [1.165, 1.54) is 0 Å². The third-order valence-electron chi connectivity index (χ3n) is 8.71. The minimum atomic E-state index is -1.04. The summed E-state index contributed by atoms with van der Waals surface area (Å²) in [6, 6.07) is 25.2. The maximum atomic E-state index is 14.0. The number of hydrogen-bond acceptors (Lipinski definition) is 4. The van der Waals surface area contributed by atoms with Gasteiger partial charge in [-0.2, -0.15) is 0 Å². The van der Waals surface area contributed by atoms with Crippen molar-refractivity contribution in [3.05, 3.63) is 95.6 Å². The third-order valence-corrected chi connectivity index (χ3v) is 8.71. The first kappa shape index (κ1) is 26.3. The number of amides is 5. The molecule has 9 heteroatoms. The van der Waals surface area contributed by atoms with Gasteiger partial charge in [-0.3, -0.25) is 4.79 Å². The summed E-state index contributed by atoms with van der Waals surface area (Å²) in [5.74, 6) is 0.252. The number of fused-ring (bicyclic) bond motifs is 2. The minimum Gasteiger partial charge on any atom is -0.325 e. The van der Waals surface area contributed by atoms with Crippen molar-refractivity contribution in [1.82, 2.24) is 15.1 Å². The van der Waals surface area contributed by atoms with Crippen molar-refractivity contribution < 1.29 is 14.4 Å². The van der Waals surface area contributed by atoms with Crippen molar-refractivity contribution in [2.75, 3.05) is 29.9 Å². The monoisotopic (exact) mass is 562 g/mol. The summed E-state index contributed by atoms with van der Waals surface area (Å²) in [7, 11) is 0. The second kappa shape index (κ2) is 11.0. The zero-order valence-corrected chi connectivity index (χ0v) is 23.4. The molecule has 3 heterocycles. The number of aliphatic imine (C=N–C) groups is 1. The Labute approximate surface area is 245 Å². The van der Waals surface area contributed by atoms with Crippen molar-refractivity contribution >= 4 is 35.1 Å². The third kappa shape index (κ3) is 5.11. The summed E-state index contributed by atoms with van der Waals surface area (Å²) in [6.07, 6.45) is 2.50. The quantitative estimate of drug-likeness (QED) is 0.466. The maximum Gasteiger partial charge on any atom is 0.322 e. The highest BCUT2D eigenvalue weighted by molar-refractivity contribution is 6.20. The molecule has 1 atom stereocenters. The van der Waals surface area contributed by atoms with Crippen LogP contribution in [-0.2, 0) is 11.3 Å². The van der Waals surface area contributed by atoms with Crippen molar-refractivity contribution in [3.63, 3.8) is 0 Å². The lowest BCUT2D eigenvalue weighted by atomic mass is 10.00. The smallest absolute Gasteiger partial charge is 0.322 e. The first-order chi connectivity index (χ1) is 20.5. The lowest BCUT2D eigenvalue weighted by Gasteiger charge is -2.40. The molecule has 3 aliphatic heterocycles. The van der Waals surface area contributed by atoms with Gasteiger partial charge in [-0.05, 0) is 49.3 Å². The molecule has 1 aliphatic carbocycles. The Balaban J connectivity index is 1.09. The number of nitrogens with zero attached hydrogens (tertiary/aromatic N) is 4. The molecule has 1 unspecified atom stereocenters. The fourth-order valence-electron chi connectivity index (χ4n) is 6.20. The Bertz CT molecular complexity index is 1540. The topological polar surface area (TPSA) is 97.3 Å². The molecule has 2 N–H and O–H groups in total. The van der Waals surface area contributed by atoms with E-state index in [0.29, 0.717) is 50.7 Å². The molecule has 2 fully saturated rings. The number of likely N-dealkylation sites (tertiary alicyclic amines) is 1. The van der Waals surface area contributed by atoms with Gasteiger partial charge in [-0.15, -0.1) is 0 Å². The van der Waals surface area contributed by atoms with Crippen molar-refractivity contribution in [1.29, 1.82) is 0 Å². The van der Waals surface area contributed by atoms with Crippen molar-refractivity contribution in [2.24, 2.45) is 10.9 Å². The minimum absolute atomic E-state index is 0.0353. The highest BCUT2D eigenvalue weighted by atomic mass is 16.2. The summed E-state index contributed by atoms with van der Waals surface area (Å²) in [5.41, 5.74) is 5.25. The Kier molecular flexibility index (Phi) is 6.85. The molecule has 3 aromatic rings. The number of benzene rings is 3. The van der Waals surface area contributed by atoms with Crippen LogP contribution in [-0.4, -0.2) is 65.3 Å². The van der Waals surface area contributed by atoms with Gasteiger partial charge in [0.2, 0.25) is 6.17 Å². The van der Waals surface area contributed by atoms with Gasteiger partial charge in [-0.1, -0.05) is 66.7 Å². The second-order valence-electron chi connectivity index (χ2n) is 11.5. The summed E-state index contributed by atoms with van der Waals surface area (Å²) in [6.45, 7) is 2.16. The molecule has 1 saturated heterocycles. The van der Waals surface area contributed by atoms with Crippen LogP contribution in [0.1, 0.15) is 42.4 Å². The van der Waals surface area contributed by atoms with Crippen LogP contribution in [0.2, 0.25) is 0 Å². The SMILES string of the molecule is O=C(NC1N=C(c2ccccc2)c2ccccc2N(CC2CC2)C1=O)N1CCC(N2Cc3ccccc3NC2=O)CC1. The number of piperidine rings is 1. The van der Waals surface area contributed by atoms with Crippen LogP contribution in [0.15, 0.2) is 83.9 Å². The average molecular weight is 563 g/mol. The fourth-order valence-corrected chi connectivity index (χ4v) is 6.20. The van der Waals surface area contributed by atoms with Gasteiger partial charge >= 0.3 is 12.1 Å². The van der Waals surface area contributed by atoms with Gasteiger partial charge in [0.25, 0.3) is 5.91 Å². The lowest BCUT2D eigenvalue weighted by Crippen LogP contribution is -2.55. The van der Waals surface area contributed by atoms with Crippen LogP contribution < -0.4 is 15.5 Å². The van der Waals surface area contributed by atoms with E-state index in [2.05, 4.69) is 10.6 Å². The van der Waals surface area contributed by atoms with Crippen LogP contribution in [0.3, 0.4) is 0 Å². The predicted octanol–water partition coefficient (Wildman–Crippen LogP) is 4.83. The number of anilines is 2. The van der Waals surface area contributed by atoms with Crippen LogP contribution in [0.5, 0.6) is 0 Å². The lowest BCUT2D eigenvalue weighted by molar-refractivity contribution is -0.120. The molecule has 5 amide bonds. The molecule has 1 saturated carbocycles. The van der Waals surface area contributed by atoms with E-state index in [-0.39, 0.29) is 24.0 Å².